The first-order chi connectivity index (χ1) is 5.75. The number of hydrogen-bond donors (Lipinski definition) is 1. The van der Waals surface area contributed by atoms with Crippen molar-refractivity contribution in [3.05, 3.63) is 0 Å². The van der Waals surface area contributed by atoms with Crippen molar-refractivity contribution in [3.8, 4) is 0 Å². The smallest absolute Gasteiger partial charge is 0.247 e. The van der Waals surface area contributed by atoms with Crippen molar-refractivity contribution in [1.29, 1.82) is 0 Å². The lowest BCUT2D eigenvalue weighted by Crippen LogP contribution is -2.55. The lowest BCUT2D eigenvalue weighted by atomic mass is 9.85. The van der Waals surface area contributed by atoms with E-state index in [1.54, 1.807) is 13.8 Å². The summed E-state index contributed by atoms with van der Waals surface area (Å²) in [6, 6.07) is 0. The zero-order valence-corrected chi connectivity index (χ0v) is 8.59. The summed E-state index contributed by atoms with van der Waals surface area (Å²) in [6.45, 7) is 7.83. The van der Waals surface area contributed by atoms with E-state index in [4.69, 9.17) is 15.2 Å². The van der Waals surface area contributed by atoms with Crippen LogP contribution < -0.4 is 5.73 Å². The highest BCUT2D eigenvalue weighted by molar-refractivity contribution is 5.79. The van der Waals surface area contributed by atoms with E-state index in [1.165, 1.54) is 0 Å². The Bertz CT molecular complexity index is 223. The predicted octanol–water partition coefficient (Wildman–Crippen LogP) is 0.649. The minimum atomic E-state index is -0.713. The van der Waals surface area contributed by atoms with Crippen molar-refractivity contribution in [2.45, 2.75) is 39.6 Å². The molecule has 0 aromatic rings. The van der Waals surface area contributed by atoms with Gasteiger partial charge in [0.15, 0.2) is 5.79 Å². The molecule has 4 nitrogen and oxygen atoms in total. The second-order valence-corrected chi connectivity index (χ2v) is 4.58. The van der Waals surface area contributed by atoms with Crippen LogP contribution in [0.15, 0.2) is 0 Å². The number of hydrogen-bond acceptors (Lipinski definition) is 3. The Balaban J connectivity index is 2.82. The zero-order chi connectivity index (χ0) is 10.3. The van der Waals surface area contributed by atoms with Gasteiger partial charge in [-0.1, -0.05) is 13.8 Å². The van der Waals surface area contributed by atoms with Gasteiger partial charge in [-0.3, -0.25) is 4.79 Å². The molecule has 1 saturated heterocycles. The molecule has 0 spiro atoms. The van der Waals surface area contributed by atoms with E-state index in [1.807, 2.05) is 13.8 Å². The maximum absolute atomic E-state index is 11.1. The fourth-order valence-corrected chi connectivity index (χ4v) is 1.36. The van der Waals surface area contributed by atoms with Gasteiger partial charge in [0.25, 0.3) is 0 Å². The molecule has 1 amide bonds. The van der Waals surface area contributed by atoms with Crippen LogP contribution in [0.5, 0.6) is 0 Å². The van der Waals surface area contributed by atoms with Crippen molar-refractivity contribution in [2.24, 2.45) is 11.1 Å². The van der Waals surface area contributed by atoms with E-state index in [0.29, 0.717) is 6.61 Å². The van der Waals surface area contributed by atoms with Crippen molar-refractivity contribution in [1.82, 2.24) is 0 Å². The second-order valence-electron chi connectivity index (χ2n) is 4.58. The topological polar surface area (TPSA) is 61.5 Å². The standard InChI is InChI=1S/C9H17NO3/c1-8(2)5-12-9(3,4)13-6(8)7(10)11/h6H,5H2,1-4H3,(H2,10,11)/t6-/m1/s1. The zero-order valence-electron chi connectivity index (χ0n) is 8.59. The van der Waals surface area contributed by atoms with Crippen LogP contribution in [0, 0.1) is 5.41 Å². The summed E-state index contributed by atoms with van der Waals surface area (Å²) in [5, 5.41) is 0. The third-order valence-electron chi connectivity index (χ3n) is 2.16. The molecule has 1 heterocycles. The molecular formula is C9H17NO3. The predicted molar refractivity (Wildman–Crippen MR) is 47.9 cm³/mol. The van der Waals surface area contributed by atoms with E-state index in [-0.39, 0.29) is 5.41 Å². The number of rotatable bonds is 1. The Labute approximate surface area is 78.4 Å². The molecule has 1 aliphatic heterocycles. The van der Waals surface area contributed by atoms with Crippen molar-refractivity contribution in [3.63, 3.8) is 0 Å². The minimum Gasteiger partial charge on any atom is -0.367 e. The van der Waals surface area contributed by atoms with Crippen LogP contribution in [0.1, 0.15) is 27.7 Å². The van der Waals surface area contributed by atoms with Gasteiger partial charge in [-0.15, -0.1) is 0 Å². The maximum Gasteiger partial charge on any atom is 0.247 e. The SMILES string of the molecule is CC1(C)OCC(C)(C)[C@@H](C(N)=O)O1. The molecule has 1 aliphatic rings. The minimum absolute atomic E-state index is 0.346. The fourth-order valence-electron chi connectivity index (χ4n) is 1.36. The highest BCUT2D eigenvalue weighted by atomic mass is 16.7. The Morgan fingerprint density at radius 2 is 1.92 bits per heavy atom. The van der Waals surface area contributed by atoms with E-state index in [2.05, 4.69) is 0 Å². The summed E-state index contributed by atoms with van der Waals surface area (Å²) in [4.78, 5) is 11.1. The maximum atomic E-state index is 11.1. The van der Waals surface area contributed by atoms with Crippen LogP contribution in [-0.4, -0.2) is 24.4 Å². The van der Waals surface area contributed by atoms with Crippen LogP contribution in [0.25, 0.3) is 0 Å². The van der Waals surface area contributed by atoms with Crippen LogP contribution in [-0.2, 0) is 14.3 Å². The third-order valence-corrected chi connectivity index (χ3v) is 2.16. The Morgan fingerprint density at radius 1 is 1.38 bits per heavy atom. The number of nitrogens with two attached hydrogens (primary N) is 1. The molecule has 13 heavy (non-hydrogen) atoms. The van der Waals surface area contributed by atoms with E-state index in [9.17, 15) is 4.79 Å². The van der Waals surface area contributed by atoms with Gasteiger partial charge in [0.05, 0.1) is 6.61 Å². The Hall–Kier alpha value is -0.610. The number of primary amides is 1. The van der Waals surface area contributed by atoms with Crippen LogP contribution >= 0.6 is 0 Å². The summed E-state index contributed by atoms with van der Waals surface area (Å²) in [7, 11) is 0. The van der Waals surface area contributed by atoms with E-state index >= 15 is 0 Å². The largest absolute Gasteiger partial charge is 0.367 e. The molecule has 0 saturated carbocycles. The third kappa shape index (κ3) is 2.19. The van der Waals surface area contributed by atoms with Crippen LogP contribution in [0.2, 0.25) is 0 Å². The molecule has 0 unspecified atom stereocenters. The molecule has 76 valence electrons. The monoisotopic (exact) mass is 187 g/mol. The lowest BCUT2D eigenvalue weighted by Gasteiger charge is -2.44. The first-order valence-electron chi connectivity index (χ1n) is 4.36. The van der Waals surface area contributed by atoms with Crippen molar-refractivity contribution < 1.29 is 14.3 Å². The highest BCUT2D eigenvalue weighted by Crippen LogP contribution is 2.34. The summed E-state index contributed by atoms with van der Waals surface area (Å²) in [6.07, 6.45) is -0.573. The van der Waals surface area contributed by atoms with Gasteiger partial charge in [-0.05, 0) is 13.8 Å². The Kier molecular flexibility index (Phi) is 2.38. The number of carbonyl (C=O) groups is 1. The van der Waals surface area contributed by atoms with Gasteiger partial charge in [-0.25, -0.2) is 0 Å². The second kappa shape index (κ2) is 2.96. The summed E-state index contributed by atoms with van der Waals surface area (Å²) in [5.74, 6) is -1.14. The van der Waals surface area contributed by atoms with Gasteiger partial charge < -0.3 is 15.2 Å². The molecule has 2 N–H and O–H groups in total. The van der Waals surface area contributed by atoms with Crippen LogP contribution in [0.3, 0.4) is 0 Å². The number of amides is 1. The number of carbonyl (C=O) groups excluding carboxylic acids is 1. The molecule has 4 heteroatoms. The average molecular weight is 187 g/mol. The molecule has 1 fully saturated rings. The van der Waals surface area contributed by atoms with Gasteiger partial charge in [-0.2, -0.15) is 0 Å². The van der Waals surface area contributed by atoms with Crippen LogP contribution in [0.4, 0.5) is 0 Å². The van der Waals surface area contributed by atoms with Crippen molar-refractivity contribution in [2.75, 3.05) is 6.61 Å². The quantitative estimate of drug-likeness (QED) is 0.655. The summed E-state index contributed by atoms with van der Waals surface area (Å²) in [5.41, 5.74) is 4.90. The lowest BCUT2D eigenvalue weighted by molar-refractivity contribution is -0.303. The number of ether oxygens (including phenoxy) is 2. The molecule has 1 rings (SSSR count). The molecule has 0 radical (unpaired) electrons. The van der Waals surface area contributed by atoms with Gasteiger partial charge in [0.2, 0.25) is 5.91 Å². The van der Waals surface area contributed by atoms with Crippen molar-refractivity contribution >= 4 is 5.91 Å². The molecule has 0 aromatic heterocycles. The summed E-state index contributed by atoms with van der Waals surface area (Å²) >= 11 is 0. The Morgan fingerprint density at radius 3 is 2.31 bits per heavy atom. The van der Waals surface area contributed by atoms with Gasteiger partial charge in [0, 0.05) is 5.41 Å². The first kappa shape index (κ1) is 10.5. The molecule has 1 atom stereocenters. The molecular weight excluding hydrogens is 170 g/mol. The normalized spacial score (nSPS) is 31.2. The molecule has 0 bridgehead atoms. The van der Waals surface area contributed by atoms with E-state index < -0.39 is 17.8 Å². The first-order valence-corrected chi connectivity index (χ1v) is 4.36. The highest BCUT2D eigenvalue weighted by Gasteiger charge is 2.44. The summed E-state index contributed by atoms with van der Waals surface area (Å²) < 4.78 is 10.9. The fraction of sp³-hybridized carbons (Fsp3) is 0.889. The van der Waals surface area contributed by atoms with E-state index in [0.717, 1.165) is 0 Å². The van der Waals surface area contributed by atoms with Gasteiger partial charge in [0.1, 0.15) is 6.10 Å². The average Bonchev–Trinajstić information content (AvgIpc) is 1.95. The molecule has 0 aliphatic carbocycles. The van der Waals surface area contributed by atoms with Gasteiger partial charge >= 0.3 is 0 Å². The molecule has 0 aromatic carbocycles.